The molecule has 8 rings (SSSR count). The third kappa shape index (κ3) is 3.51. The van der Waals surface area contributed by atoms with E-state index < -0.39 is 0 Å². The highest BCUT2D eigenvalue weighted by Crippen LogP contribution is 2.64. The van der Waals surface area contributed by atoms with Gasteiger partial charge in [0.15, 0.2) is 0 Å². The van der Waals surface area contributed by atoms with Crippen molar-refractivity contribution in [3.63, 3.8) is 0 Å². The molecular weight excluding hydrogens is 478 g/mol. The second kappa shape index (κ2) is 7.61. The zero-order valence-corrected chi connectivity index (χ0v) is 21.1. The molecule has 35 heavy (non-hydrogen) atoms. The van der Waals surface area contributed by atoms with Crippen molar-refractivity contribution in [1.29, 1.82) is 0 Å². The van der Waals surface area contributed by atoms with Gasteiger partial charge in [-0.05, 0) is 111 Å². The van der Waals surface area contributed by atoms with Gasteiger partial charge in [-0.15, -0.1) is 16.4 Å². The first-order chi connectivity index (χ1) is 16.9. The first-order valence-corrected chi connectivity index (χ1v) is 13.5. The van der Waals surface area contributed by atoms with Gasteiger partial charge in [-0.25, -0.2) is 14.6 Å². The molecule has 1 N–H and O–H groups in total. The lowest BCUT2D eigenvalue weighted by Crippen LogP contribution is -2.60. The van der Waals surface area contributed by atoms with E-state index in [-0.39, 0.29) is 22.1 Å². The Kier molecular flexibility index (Phi) is 4.68. The zero-order chi connectivity index (χ0) is 23.8. The molecule has 1 amide bonds. The van der Waals surface area contributed by atoms with E-state index in [1.165, 1.54) is 16.7 Å². The van der Waals surface area contributed by atoms with Crippen molar-refractivity contribution in [3.05, 3.63) is 59.6 Å². The second-order valence-electron chi connectivity index (χ2n) is 10.9. The summed E-state index contributed by atoms with van der Waals surface area (Å²) < 4.78 is 3.16. The normalized spacial score (nSPS) is 29.1. The summed E-state index contributed by atoms with van der Waals surface area (Å²) in [5.74, 6) is 1.25. The summed E-state index contributed by atoms with van der Waals surface area (Å²) in [5.41, 5.74) is 3.67. The molecule has 2 aromatic heterocycles. The number of nitrogens with zero attached hydrogens (tertiary/aromatic N) is 4. The summed E-state index contributed by atoms with van der Waals surface area (Å²) in [7, 11) is 0. The average Bonchev–Trinajstić information content (AvgIpc) is 3.45. The molecule has 178 valence electrons. The molecule has 6 nitrogen and oxygen atoms in total. The first kappa shape index (κ1) is 21.5. The van der Waals surface area contributed by atoms with Crippen LogP contribution in [0.3, 0.4) is 0 Å². The Hall–Kier alpha value is -2.77. The minimum atomic E-state index is -0.355. The summed E-state index contributed by atoms with van der Waals surface area (Å²) in [6.07, 6.45) is 7.83. The van der Waals surface area contributed by atoms with Gasteiger partial charge in [0.1, 0.15) is 11.3 Å². The molecule has 0 aliphatic heterocycles. The predicted molar refractivity (Wildman–Crippen MR) is 139 cm³/mol. The Labute approximate surface area is 212 Å². The van der Waals surface area contributed by atoms with Gasteiger partial charge in [0.2, 0.25) is 11.2 Å². The third-order valence-electron chi connectivity index (χ3n) is 8.40. The minimum absolute atomic E-state index is 0.142. The molecule has 0 unspecified atom stereocenters. The number of hydrogen-bond donors (Lipinski definition) is 1. The van der Waals surface area contributed by atoms with Crippen molar-refractivity contribution >= 4 is 44.7 Å². The number of fused-ring (bicyclic) bond motifs is 1. The lowest BCUT2D eigenvalue weighted by molar-refractivity contribution is -0.150. The summed E-state index contributed by atoms with van der Waals surface area (Å²) in [6.45, 7) is 2.10. The molecule has 0 radical (unpaired) electrons. The highest BCUT2D eigenvalue weighted by molar-refractivity contribution is 7.21. The predicted octanol–water partition coefficient (Wildman–Crippen LogP) is 6.45. The van der Waals surface area contributed by atoms with Crippen molar-refractivity contribution < 1.29 is 4.79 Å². The number of thiazole rings is 1. The van der Waals surface area contributed by atoms with Crippen LogP contribution in [0.1, 0.15) is 44.1 Å². The summed E-state index contributed by atoms with van der Waals surface area (Å²) in [5, 5.41) is 9.01. The number of amides is 1. The number of carbonyl (C=O) groups excluding carboxylic acids is 1. The monoisotopic (exact) mass is 503 g/mol. The van der Waals surface area contributed by atoms with E-state index in [2.05, 4.69) is 52.7 Å². The van der Waals surface area contributed by atoms with Crippen molar-refractivity contribution in [3.8, 4) is 10.6 Å². The maximum atomic E-state index is 13.8. The minimum Gasteiger partial charge on any atom is -0.326 e. The Bertz CT molecular complexity index is 1440. The molecular formula is C27H26ClN5OS. The van der Waals surface area contributed by atoms with Crippen molar-refractivity contribution in [2.75, 3.05) is 5.32 Å². The number of anilines is 1. The van der Waals surface area contributed by atoms with E-state index in [1.54, 1.807) is 17.7 Å². The van der Waals surface area contributed by atoms with Gasteiger partial charge < -0.3 is 5.32 Å². The van der Waals surface area contributed by atoms with Crippen molar-refractivity contribution in [1.82, 2.24) is 19.7 Å². The highest BCUT2D eigenvalue weighted by Gasteiger charge is 2.61. The van der Waals surface area contributed by atoms with E-state index in [0.717, 1.165) is 53.9 Å². The number of aryl methyl sites for hydroxylation is 1. The number of carbonyl (C=O) groups is 1. The van der Waals surface area contributed by atoms with E-state index in [9.17, 15) is 4.79 Å². The molecule has 4 saturated carbocycles. The van der Waals surface area contributed by atoms with Crippen molar-refractivity contribution in [2.24, 2.45) is 17.3 Å². The van der Waals surface area contributed by atoms with Crippen LogP contribution in [0.15, 0.2) is 48.8 Å². The van der Waals surface area contributed by atoms with Gasteiger partial charge in [0, 0.05) is 11.3 Å². The van der Waals surface area contributed by atoms with Crippen LogP contribution in [0.5, 0.6) is 0 Å². The van der Waals surface area contributed by atoms with E-state index in [0.29, 0.717) is 11.8 Å². The van der Waals surface area contributed by atoms with Gasteiger partial charge in [-0.1, -0.05) is 6.07 Å². The lowest BCUT2D eigenvalue weighted by Gasteiger charge is -2.60. The number of nitrogens with one attached hydrogen (secondary N) is 1. The average molecular weight is 504 g/mol. The van der Waals surface area contributed by atoms with Crippen LogP contribution in [0.25, 0.3) is 20.8 Å². The Balaban J connectivity index is 1.13. The number of aromatic nitrogens is 4. The summed E-state index contributed by atoms with van der Waals surface area (Å²) >= 11 is 7.77. The molecule has 8 heteroatoms. The van der Waals surface area contributed by atoms with Crippen LogP contribution in [0.2, 0.25) is 5.28 Å². The fraction of sp³-hybridized carbons (Fsp3) is 0.407. The fourth-order valence-electron chi connectivity index (χ4n) is 7.33. The lowest BCUT2D eigenvalue weighted by atomic mass is 9.46. The highest BCUT2D eigenvalue weighted by atomic mass is 35.5. The molecule has 4 bridgehead atoms. The Morgan fingerprint density at radius 3 is 2.60 bits per heavy atom. The molecule has 0 spiro atoms. The largest absolute Gasteiger partial charge is 0.326 e. The van der Waals surface area contributed by atoms with E-state index >= 15 is 0 Å². The quantitative estimate of drug-likeness (QED) is 0.347. The van der Waals surface area contributed by atoms with Crippen LogP contribution in [-0.2, 0) is 10.3 Å². The fourth-order valence-corrected chi connectivity index (χ4v) is 8.53. The van der Waals surface area contributed by atoms with Gasteiger partial charge in [-0.3, -0.25) is 4.79 Å². The van der Waals surface area contributed by atoms with Gasteiger partial charge in [-0.2, -0.15) is 0 Å². The van der Waals surface area contributed by atoms with E-state index in [4.69, 9.17) is 16.6 Å². The van der Waals surface area contributed by atoms with Crippen LogP contribution >= 0.6 is 22.9 Å². The maximum Gasteiger partial charge on any atom is 0.242 e. The summed E-state index contributed by atoms with van der Waals surface area (Å²) in [4.78, 5) is 22.7. The van der Waals surface area contributed by atoms with Crippen LogP contribution in [0.4, 0.5) is 5.69 Å². The van der Waals surface area contributed by atoms with Crippen LogP contribution < -0.4 is 5.32 Å². The topological polar surface area (TPSA) is 72.7 Å². The molecule has 4 fully saturated rings. The summed E-state index contributed by atoms with van der Waals surface area (Å²) in [6, 6.07) is 14.4. The van der Waals surface area contributed by atoms with Gasteiger partial charge >= 0.3 is 0 Å². The zero-order valence-electron chi connectivity index (χ0n) is 19.5. The Morgan fingerprint density at radius 2 is 1.89 bits per heavy atom. The van der Waals surface area contributed by atoms with Crippen LogP contribution in [-0.4, -0.2) is 25.7 Å². The molecule has 4 aliphatic carbocycles. The standard InChI is InChI=1S/C27H26ClN5OS/c1-16-2-7-21-22(8-16)35-23(31-21)19-3-5-20(6-4-19)30-24(34)26-10-17-9-18(11-26)13-27(12-17,14-26)33-15-29-25(28)32-33/h2-8,15,17-18H,9-14H2,1H3,(H,30,34)/t17-,18-,26?,27?/m0/s1. The molecule has 0 saturated heterocycles. The first-order valence-electron chi connectivity index (χ1n) is 12.3. The molecule has 4 aliphatic rings. The van der Waals surface area contributed by atoms with Crippen LogP contribution in [0, 0.1) is 24.2 Å². The van der Waals surface area contributed by atoms with Gasteiger partial charge in [0.25, 0.3) is 0 Å². The number of hydrogen-bond acceptors (Lipinski definition) is 5. The van der Waals surface area contributed by atoms with Gasteiger partial charge in [0.05, 0.1) is 21.2 Å². The smallest absolute Gasteiger partial charge is 0.242 e. The maximum absolute atomic E-state index is 13.8. The Morgan fingerprint density at radius 1 is 1.11 bits per heavy atom. The van der Waals surface area contributed by atoms with E-state index in [1.807, 2.05) is 16.8 Å². The molecule has 2 aromatic carbocycles. The molecule has 2 heterocycles. The number of benzene rings is 2. The SMILES string of the molecule is Cc1ccc2nc(-c3ccc(NC(=O)C45C[C@@H]6C[C@@H](C4)CC(n4cnc(Cl)n4)(C6)C5)cc3)sc2c1. The molecule has 2 atom stereocenters. The van der Waals surface area contributed by atoms with Crippen molar-refractivity contribution in [2.45, 2.75) is 51.0 Å². The number of halogens is 1. The molecule has 4 aromatic rings. The third-order valence-corrected chi connectivity index (χ3v) is 9.64. The number of rotatable bonds is 4. The second-order valence-corrected chi connectivity index (χ2v) is 12.3.